The third-order valence-electron chi connectivity index (χ3n) is 4.50. The zero-order valence-electron chi connectivity index (χ0n) is 11.7. The number of aromatic hydroxyl groups is 1. The van der Waals surface area contributed by atoms with Gasteiger partial charge in [-0.25, -0.2) is 0 Å². The van der Waals surface area contributed by atoms with Crippen LogP contribution in [0.3, 0.4) is 0 Å². The van der Waals surface area contributed by atoms with Gasteiger partial charge in [-0.15, -0.1) is 0 Å². The summed E-state index contributed by atoms with van der Waals surface area (Å²) in [4.78, 5) is 0. The number of nitrogens with one attached hydrogen (secondary N) is 1. The topological polar surface area (TPSA) is 32.3 Å². The maximum atomic E-state index is 9.98. The van der Waals surface area contributed by atoms with Crippen LogP contribution in [0.5, 0.6) is 5.75 Å². The number of phenols is 1. The van der Waals surface area contributed by atoms with Crippen molar-refractivity contribution in [2.75, 3.05) is 0 Å². The predicted octanol–water partition coefficient (Wildman–Crippen LogP) is 3.61. The summed E-state index contributed by atoms with van der Waals surface area (Å²) in [6, 6.07) is 6.57. The maximum Gasteiger partial charge on any atom is 0.122 e. The van der Waals surface area contributed by atoms with Crippen molar-refractivity contribution in [1.82, 2.24) is 5.32 Å². The number of phenolic OH excluding ortho intramolecular Hbond substituents is 1. The highest BCUT2D eigenvalue weighted by atomic mass is 16.3. The highest BCUT2D eigenvalue weighted by Crippen LogP contribution is 2.30. The molecule has 18 heavy (non-hydrogen) atoms. The first-order valence-electron chi connectivity index (χ1n) is 7.08. The van der Waals surface area contributed by atoms with Gasteiger partial charge in [-0.05, 0) is 43.6 Å². The van der Waals surface area contributed by atoms with Crippen molar-refractivity contribution in [3.8, 4) is 5.75 Å². The Morgan fingerprint density at radius 1 is 1.22 bits per heavy atom. The highest BCUT2D eigenvalue weighted by molar-refractivity contribution is 5.39. The smallest absolute Gasteiger partial charge is 0.122 e. The zero-order valence-corrected chi connectivity index (χ0v) is 11.7. The van der Waals surface area contributed by atoms with Gasteiger partial charge in [-0.3, -0.25) is 0 Å². The lowest BCUT2D eigenvalue weighted by Crippen LogP contribution is -2.35. The van der Waals surface area contributed by atoms with Gasteiger partial charge in [0.1, 0.15) is 5.75 Å². The molecule has 1 fully saturated rings. The first kappa shape index (κ1) is 13.4. The lowest BCUT2D eigenvalue weighted by Gasteiger charge is -2.32. The van der Waals surface area contributed by atoms with E-state index in [4.69, 9.17) is 0 Å². The molecule has 2 N–H and O–H groups in total. The summed E-state index contributed by atoms with van der Waals surface area (Å²) in [5.41, 5.74) is 1.97. The van der Waals surface area contributed by atoms with E-state index in [1.807, 2.05) is 25.1 Å². The molecule has 0 radical (unpaired) electrons. The molecular weight excluding hydrogens is 222 g/mol. The summed E-state index contributed by atoms with van der Waals surface area (Å²) < 4.78 is 0. The van der Waals surface area contributed by atoms with Crippen molar-refractivity contribution in [1.29, 1.82) is 0 Å². The van der Waals surface area contributed by atoms with E-state index in [0.717, 1.165) is 29.5 Å². The minimum absolute atomic E-state index is 0.447. The Labute approximate surface area is 110 Å². The van der Waals surface area contributed by atoms with Gasteiger partial charge in [-0.2, -0.15) is 0 Å². The molecule has 0 saturated heterocycles. The molecular formula is C16H25NO. The molecule has 0 aromatic heterocycles. The molecule has 2 nitrogen and oxygen atoms in total. The summed E-state index contributed by atoms with van der Waals surface area (Å²) in [5, 5.41) is 13.6. The summed E-state index contributed by atoms with van der Waals surface area (Å²) in [6.07, 6.45) is 3.84. The van der Waals surface area contributed by atoms with Crippen LogP contribution in [0.1, 0.15) is 44.2 Å². The molecule has 1 aliphatic rings. The second-order valence-corrected chi connectivity index (χ2v) is 5.93. The minimum atomic E-state index is 0.447. The van der Waals surface area contributed by atoms with Crippen molar-refractivity contribution < 1.29 is 5.11 Å². The van der Waals surface area contributed by atoms with Crippen molar-refractivity contribution in [2.24, 2.45) is 11.8 Å². The average molecular weight is 247 g/mol. The maximum absolute atomic E-state index is 9.98. The third kappa shape index (κ3) is 3.05. The van der Waals surface area contributed by atoms with Crippen molar-refractivity contribution in [2.45, 2.75) is 52.6 Å². The first-order valence-corrected chi connectivity index (χ1v) is 7.08. The fraction of sp³-hybridized carbons (Fsp3) is 0.625. The van der Waals surface area contributed by atoms with E-state index < -0.39 is 0 Å². The summed E-state index contributed by atoms with van der Waals surface area (Å²) >= 11 is 0. The van der Waals surface area contributed by atoms with Crippen molar-refractivity contribution in [3.05, 3.63) is 29.3 Å². The van der Waals surface area contributed by atoms with Crippen LogP contribution >= 0.6 is 0 Å². The van der Waals surface area contributed by atoms with E-state index in [1.54, 1.807) is 0 Å². The normalized spacial score (nSPS) is 28.3. The number of hydrogen-bond acceptors (Lipinski definition) is 2. The second-order valence-electron chi connectivity index (χ2n) is 5.93. The SMILES string of the molecule is Cc1cccc(CNC2CCC(C)C(C)C2)c1O. The highest BCUT2D eigenvalue weighted by Gasteiger charge is 2.24. The van der Waals surface area contributed by atoms with Gasteiger partial charge in [0.05, 0.1) is 0 Å². The Kier molecular flexibility index (Phi) is 4.28. The Morgan fingerprint density at radius 2 is 2.00 bits per heavy atom. The minimum Gasteiger partial charge on any atom is -0.507 e. The van der Waals surface area contributed by atoms with E-state index >= 15 is 0 Å². The number of rotatable bonds is 3. The van der Waals surface area contributed by atoms with Crippen LogP contribution in [0, 0.1) is 18.8 Å². The molecule has 0 aliphatic heterocycles. The molecule has 1 aliphatic carbocycles. The Balaban J connectivity index is 1.90. The molecule has 0 amide bonds. The molecule has 3 unspecified atom stereocenters. The predicted molar refractivity (Wildman–Crippen MR) is 75.7 cm³/mol. The van der Waals surface area contributed by atoms with Gasteiger partial charge >= 0.3 is 0 Å². The van der Waals surface area contributed by atoms with Crippen LogP contribution in [0.4, 0.5) is 0 Å². The van der Waals surface area contributed by atoms with Crippen molar-refractivity contribution in [3.63, 3.8) is 0 Å². The lowest BCUT2D eigenvalue weighted by molar-refractivity contribution is 0.225. The van der Waals surface area contributed by atoms with E-state index in [-0.39, 0.29) is 0 Å². The Hall–Kier alpha value is -1.02. The number of benzene rings is 1. The molecule has 0 heterocycles. The van der Waals surface area contributed by atoms with Gasteiger partial charge in [0.15, 0.2) is 0 Å². The monoisotopic (exact) mass is 247 g/mol. The molecule has 2 heteroatoms. The van der Waals surface area contributed by atoms with E-state index in [0.29, 0.717) is 11.8 Å². The summed E-state index contributed by atoms with van der Waals surface area (Å²) in [6.45, 7) is 7.43. The Bertz CT molecular complexity index is 402. The Morgan fingerprint density at radius 3 is 2.72 bits per heavy atom. The number of aryl methyl sites for hydroxylation is 1. The van der Waals surface area contributed by atoms with Gasteiger partial charge in [-0.1, -0.05) is 32.0 Å². The molecule has 1 aromatic carbocycles. The largest absolute Gasteiger partial charge is 0.507 e. The van der Waals surface area contributed by atoms with Crippen LogP contribution in [-0.4, -0.2) is 11.1 Å². The standard InChI is InChI=1S/C16H25NO/c1-11-7-8-15(9-13(11)3)17-10-14-6-4-5-12(2)16(14)18/h4-6,11,13,15,17-18H,7-10H2,1-3H3. The molecule has 0 bridgehead atoms. The molecule has 100 valence electrons. The molecule has 3 atom stereocenters. The fourth-order valence-electron chi connectivity index (χ4n) is 2.85. The van der Waals surface area contributed by atoms with Crippen LogP contribution in [0.15, 0.2) is 18.2 Å². The van der Waals surface area contributed by atoms with Gasteiger partial charge < -0.3 is 10.4 Å². The molecule has 1 aromatic rings. The van der Waals surface area contributed by atoms with Crippen molar-refractivity contribution >= 4 is 0 Å². The second kappa shape index (κ2) is 5.75. The average Bonchev–Trinajstić information content (AvgIpc) is 2.35. The first-order chi connectivity index (χ1) is 8.58. The zero-order chi connectivity index (χ0) is 13.1. The van der Waals surface area contributed by atoms with E-state index in [9.17, 15) is 5.11 Å². The summed E-state index contributed by atoms with van der Waals surface area (Å²) in [5.74, 6) is 2.11. The van der Waals surface area contributed by atoms with Crippen LogP contribution < -0.4 is 5.32 Å². The number of para-hydroxylation sites is 1. The van der Waals surface area contributed by atoms with E-state index in [2.05, 4.69) is 19.2 Å². The van der Waals surface area contributed by atoms with Gasteiger partial charge in [0.2, 0.25) is 0 Å². The fourth-order valence-corrected chi connectivity index (χ4v) is 2.85. The van der Waals surface area contributed by atoms with Crippen LogP contribution in [0.25, 0.3) is 0 Å². The third-order valence-corrected chi connectivity index (χ3v) is 4.50. The summed E-state index contributed by atoms with van der Waals surface area (Å²) in [7, 11) is 0. The number of hydrogen-bond donors (Lipinski definition) is 2. The quantitative estimate of drug-likeness (QED) is 0.855. The lowest BCUT2D eigenvalue weighted by atomic mass is 9.79. The van der Waals surface area contributed by atoms with E-state index in [1.165, 1.54) is 19.3 Å². The molecule has 2 rings (SSSR count). The van der Waals surface area contributed by atoms with Gasteiger partial charge in [0.25, 0.3) is 0 Å². The molecule has 0 spiro atoms. The van der Waals surface area contributed by atoms with Crippen LogP contribution in [-0.2, 0) is 6.54 Å². The van der Waals surface area contributed by atoms with Crippen LogP contribution in [0.2, 0.25) is 0 Å². The molecule has 1 saturated carbocycles. The van der Waals surface area contributed by atoms with Gasteiger partial charge in [0, 0.05) is 18.2 Å².